The molecule has 2 aromatic carbocycles. The number of hydrogen-bond donors (Lipinski definition) is 1. The maximum Gasteiger partial charge on any atom is 0.174 e. The van der Waals surface area contributed by atoms with Crippen LogP contribution in [0.2, 0.25) is 0 Å². The van der Waals surface area contributed by atoms with Crippen molar-refractivity contribution in [3.05, 3.63) is 107 Å². The number of hydrogen-bond acceptors (Lipinski definition) is 3. The predicted octanol–water partition coefficient (Wildman–Crippen LogP) is 7.55. The number of aromatic nitrogens is 2. The van der Waals surface area contributed by atoms with Crippen LogP contribution in [0.25, 0.3) is 5.69 Å². The van der Waals surface area contributed by atoms with Gasteiger partial charge in [-0.25, -0.2) is 0 Å². The van der Waals surface area contributed by atoms with E-state index in [1.165, 1.54) is 41.0 Å². The Bertz CT molecular complexity index is 1460. The van der Waals surface area contributed by atoms with Crippen LogP contribution in [-0.4, -0.2) is 20.8 Å². The minimum absolute atomic E-state index is 0.0530. The van der Waals surface area contributed by atoms with Gasteiger partial charge in [0.25, 0.3) is 0 Å². The lowest BCUT2D eigenvalue weighted by atomic mass is 9.96. The molecule has 0 spiro atoms. The second-order valence-electron chi connectivity index (χ2n) is 10.7. The second kappa shape index (κ2) is 10.9. The molecular weight excluding hydrogens is 500 g/mol. The van der Waals surface area contributed by atoms with Crippen molar-refractivity contribution >= 4 is 23.0 Å². The molecule has 1 aliphatic carbocycles. The molecule has 2 aliphatic rings. The molecule has 1 aliphatic heterocycles. The lowest BCUT2D eigenvalue weighted by Gasteiger charge is -2.28. The number of ether oxygens (including phenoxy) is 1. The first kappa shape index (κ1) is 25.6. The molecule has 1 saturated carbocycles. The summed E-state index contributed by atoms with van der Waals surface area (Å²) in [6, 6.07) is 25.4. The number of benzene rings is 2. The maximum atomic E-state index is 6.25. The Morgan fingerprint density at radius 1 is 0.974 bits per heavy atom. The van der Waals surface area contributed by atoms with E-state index in [2.05, 4.69) is 96.2 Å². The van der Waals surface area contributed by atoms with Crippen LogP contribution in [0.5, 0.6) is 5.75 Å². The molecule has 0 radical (unpaired) electrons. The first-order chi connectivity index (χ1) is 19.0. The topological polar surface area (TPSA) is 42.3 Å². The third-order valence-corrected chi connectivity index (χ3v) is 8.53. The zero-order valence-corrected chi connectivity index (χ0v) is 23.7. The van der Waals surface area contributed by atoms with Crippen molar-refractivity contribution in [2.75, 3.05) is 4.90 Å². The smallest absolute Gasteiger partial charge is 0.174 e. The number of nitrogens with zero attached hydrogens (tertiary/aromatic N) is 3. The third-order valence-electron chi connectivity index (χ3n) is 8.22. The van der Waals surface area contributed by atoms with Crippen LogP contribution in [0, 0.1) is 13.8 Å². The first-order valence-electron chi connectivity index (χ1n) is 14.1. The summed E-state index contributed by atoms with van der Waals surface area (Å²) in [7, 11) is 0. The summed E-state index contributed by atoms with van der Waals surface area (Å²) in [5.74, 6) is 0.927. The van der Waals surface area contributed by atoms with Gasteiger partial charge in [0.05, 0.1) is 23.9 Å². The van der Waals surface area contributed by atoms with Crippen molar-refractivity contribution in [1.82, 2.24) is 14.9 Å². The fourth-order valence-corrected chi connectivity index (χ4v) is 6.66. The summed E-state index contributed by atoms with van der Waals surface area (Å²) in [5.41, 5.74) is 8.28. The van der Waals surface area contributed by atoms with Gasteiger partial charge in [0.2, 0.25) is 0 Å². The van der Waals surface area contributed by atoms with Gasteiger partial charge in [0, 0.05) is 29.0 Å². The molecule has 6 heteroatoms. The van der Waals surface area contributed by atoms with E-state index in [1.807, 2.05) is 18.3 Å². The minimum atomic E-state index is -0.0801. The molecule has 0 bridgehead atoms. The highest BCUT2D eigenvalue weighted by molar-refractivity contribution is 7.80. The van der Waals surface area contributed by atoms with Crippen LogP contribution < -0.4 is 15.0 Å². The average molecular weight is 537 g/mol. The van der Waals surface area contributed by atoms with Crippen molar-refractivity contribution in [2.24, 2.45) is 0 Å². The van der Waals surface area contributed by atoms with Gasteiger partial charge in [-0.3, -0.25) is 4.98 Å². The van der Waals surface area contributed by atoms with Crippen LogP contribution in [0.1, 0.15) is 72.9 Å². The van der Waals surface area contributed by atoms with Crippen LogP contribution in [-0.2, 0) is 6.42 Å². The van der Waals surface area contributed by atoms with Gasteiger partial charge in [-0.2, -0.15) is 0 Å². The fourth-order valence-electron chi connectivity index (χ4n) is 6.32. The second-order valence-corrected chi connectivity index (χ2v) is 11.0. The highest BCUT2D eigenvalue weighted by atomic mass is 32.1. The number of para-hydroxylation sites is 1. The normalized spacial score (nSPS) is 19.5. The fraction of sp³-hybridized carbons (Fsp3) is 0.333. The third kappa shape index (κ3) is 4.82. The van der Waals surface area contributed by atoms with Crippen LogP contribution in [0.4, 0.5) is 5.69 Å². The summed E-state index contributed by atoms with van der Waals surface area (Å²) in [6.07, 6.45) is 7.98. The Hall–Kier alpha value is -3.64. The molecule has 1 N–H and O–H groups in total. The van der Waals surface area contributed by atoms with E-state index in [0.29, 0.717) is 11.2 Å². The Morgan fingerprint density at radius 2 is 1.72 bits per heavy atom. The molecular formula is C33H36N4OS. The van der Waals surface area contributed by atoms with Crippen LogP contribution in [0.15, 0.2) is 79.0 Å². The Morgan fingerprint density at radius 3 is 2.44 bits per heavy atom. The highest BCUT2D eigenvalue weighted by Crippen LogP contribution is 2.44. The quantitative estimate of drug-likeness (QED) is 0.247. The van der Waals surface area contributed by atoms with E-state index >= 15 is 0 Å². The molecule has 2 fully saturated rings. The SMILES string of the molecule is CCc1ccccc1-n1c(C)cc([C@@H]2[C@@H](c3ccccn3)NC(=S)N2c2ccc(OC3CCCC3)cc2)c1C. The van der Waals surface area contributed by atoms with Crippen LogP contribution >= 0.6 is 12.2 Å². The van der Waals surface area contributed by atoms with Crippen molar-refractivity contribution in [3.8, 4) is 11.4 Å². The molecule has 2 atom stereocenters. The lowest BCUT2D eigenvalue weighted by Crippen LogP contribution is -2.29. The monoisotopic (exact) mass is 536 g/mol. The molecule has 1 saturated heterocycles. The number of aryl methyl sites for hydroxylation is 2. The van der Waals surface area contributed by atoms with Crippen molar-refractivity contribution < 1.29 is 4.74 Å². The largest absolute Gasteiger partial charge is 0.490 e. The molecule has 4 aromatic rings. The van der Waals surface area contributed by atoms with Crippen molar-refractivity contribution in [3.63, 3.8) is 0 Å². The van der Waals surface area contributed by atoms with Gasteiger partial charge in [-0.1, -0.05) is 31.2 Å². The molecule has 3 heterocycles. The molecule has 6 rings (SSSR count). The van der Waals surface area contributed by atoms with Gasteiger partial charge in [-0.15, -0.1) is 0 Å². The highest BCUT2D eigenvalue weighted by Gasteiger charge is 2.42. The van der Waals surface area contributed by atoms with Crippen molar-refractivity contribution in [1.29, 1.82) is 0 Å². The predicted molar refractivity (Wildman–Crippen MR) is 162 cm³/mol. The molecule has 0 amide bonds. The number of thiocarbonyl (C=S) groups is 1. The molecule has 200 valence electrons. The van der Waals surface area contributed by atoms with Crippen LogP contribution in [0.3, 0.4) is 0 Å². The lowest BCUT2D eigenvalue weighted by molar-refractivity contribution is 0.210. The number of rotatable bonds is 7. The summed E-state index contributed by atoms with van der Waals surface area (Å²) < 4.78 is 8.64. The van der Waals surface area contributed by atoms with Gasteiger partial charge < -0.3 is 19.5 Å². The van der Waals surface area contributed by atoms with E-state index in [4.69, 9.17) is 21.9 Å². The summed E-state index contributed by atoms with van der Waals surface area (Å²) in [5, 5.41) is 4.32. The number of pyridine rings is 1. The minimum Gasteiger partial charge on any atom is -0.490 e. The summed E-state index contributed by atoms with van der Waals surface area (Å²) >= 11 is 5.99. The summed E-state index contributed by atoms with van der Waals surface area (Å²) in [6.45, 7) is 6.63. The maximum absolute atomic E-state index is 6.25. The zero-order chi connectivity index (χ0) is 26.9. The Balaban J connectivity index is 1.42. The van der Waals surface area contributed by atoms with Gasteiger partial charge in [0.15, 0.2) is 5.11 Å². The van der Waals surface area contributed by atoms with E-state index in [0.717, 1.165) is 36.4 Å². The average Bonchev–Trinajstić information content (AvgIpc) is 3.67. The Kier molecular flexibility index (Phi) is 7.13. The number of anilines is 1. The van der Waals surface area contributed by atoms with E-state index in [-0.39, 0.29) is 12.1 Å². The standard InChI is InChI=1S/C33H36N4OS/c1-4-24-11-5-8-15-30(24)36-22(2)21-28(23(36)3)32-31(29-14-9-10-20-34-29)35-33(39)37(32)25-16-18-27(19-17-25)38-26-12-6-7-13-26/h5,8-11,14-21,26,31-32H,4,6-7,12-13H2,1-3H3,(H,35,39)/t31-,32-/m1/s1. The van der Waals surface area contributed by atoms with E-state index < -0.39 is 0 Å². The zero-order valence-electron chi connectivity index (χ0n) is 22.9. The first-order valence-corrected chi connectivity index (χ1v) is 14.5. The number of nitrogens with one attached hydrogen (secondary N) is 1. The van der Waals surface area contributed by atoms with Gasteiger partial charge in [0.1, 0.15) is 5.75 Å². The van der Waals surface area contributed by atoms with Crippen molar-refractivity contribution in [2.45, 2.75) is 71.1 Å². The Labute approximate surface area is 236 Å². The summed E-state index contributed by atoms with van der Waals surface area (Å²) in [4.78, 5) is 7.00. The molecule has 5 nitrogen and oxygen atoms in total. The van der Waals surface area contributed by atoms with E-state index in [1.54, 1.807) is 0 Å². The van der Waals surface area contributed by atoms with Gasteiger partial charge >= 0.3 is 0 Å². The van der Waals surface area contributed by atoms with Gasteiger partial charge in [-0.05, 0) is 118 Å². The molecule has 39 heavy (non-hydrogen) atoms. The molecule has 2 aromatic heterocycles. The molecule has 0 unspecified atom stereocenters. The van der Waals surface area contributed by atoms with E-state index in [9.17, 15) is 0 Å².